The fourth-order valence-corrected chi connectivity index (χ4v) is 2.18. The SMILES string of the molecule is CC(C)C(NC(=O)c1ccc([N+](=O)[O-])cc1Cl)C(=O)N[C@@H](C)C(=O)O. The molecule has 9 nitrogen and oxygen atoms in total. The van der Waals surface area contributed by atoms with Gasteiger partial charge < -0.3 is 15.7 Å². The van der Waals surface area contributed by atoms with Crippen LogP contribution in [0.15, 0.2) is 18.2 Å². The van der Waals surface area contributed by atoms with Crippen LogP contribution in [0.25, 0.3) is 0 Å². The number of nitrogens with zero attached hydrogens (tertiary/aromatic N) is 1. The molecule has 0 radical (unpaired) electrons. The molecule has 2 amide bonds. The zero-order chi connectivity index (χ0) is 19.3. The minimum Gasteiger partial charge on any atom is -0.480 e. The van der Waals surface area contributed by atoms with E-state index in [1.54, 1.807) is 13.8 Å². The highest BCUT2D eigenvalue weighted by Crippen LogP contribution is 2.22. The predicted molar refractivity (Wildman–Crippen MR) is 89.4 cm³/mol. The summed E-state index contributed by atoms with van der Waals surface area (Å²) in [5, 5.41) is 24.2. The number of halogens is 1. The number of carboxylic acid groups (broad SMARTS) is 1. The monoisotopic (exact) mass is 371 g/mol. The molecule has 0 saturated heterocycles. The second-order valence-electron chi connectivity index (χ2n) is 5.68. The van der Waals surface area contributed by atoms with Crippen LogP contribution in [-0.4, -0.2) is 39.9 Å². The van der Waals surface area contributed by atoms with Crippen molar-refractivity contribution in [3.05, 3.63) is 38.9 Å². The van der Waals surface area contributed by atoms with Gasteiger partial charge in [-0.25, -0.2) is 0 Å². The quantitative estimate of drug-likeness (QED) is 0.491. The van der Waals surface area contributed by atoms with Gasteiger partial charge in [-0.15, -0.1) is 0 Å². The number of carbonyl (C=O) groups excluding carboxylic acids is 2. The Morgan fingerprint density at radius 1 is 1.20 bits per heavy atom. The van der Waals surface area contributed by atoms with Crippen molar-refractivity contribution in [2.45, 2.75) is 32.9 Å². The molecule has 2 atom stereocenters. The van der Waals surface area contributed by atoms with Crippen LogP contribution in [0.1, 0.15) is 31.1 Å². The standard InChI is InChI=1S/C15H18ClN3O6/c1-7(2)12(14(21)17-8(3)15(22)23)18-13(20)10-5-4-9(19(24)25)6-11(10)16/h4-8,12H,1-3H3,(H,17,21)(H,18,20)(H,22,23)/t8-,12?/m0/s1. The molecule has 10 heteroatoms. The van der Waals surface area contributed by atoms with E-state index in [0.29, 0.717) is 0 Å². The molecule has 1 aromatic rings. The van der Waals surface area contributed by atoms with Crippen molar-refractivity contribution in [1.82, 2.24) is 10.6 Å². The van der Waals surface area contributed by atoms with Crippen molar-refractivity contribution >= 4 is 35.1 Å². The van der Waals surface area contributed by atoms with Crippen LogP contribution in [0.4, 0.5) is 5.69 Å². The van der Waals surface area contributed by atoms with Crippen molar-refractivity contribution in [2.24, 2.45) is 5.92 Å². The van der Waals surface area contributed by atoms with E-state index in [9.17, 15) is 24.5 Å². The van der Waals surface area contributed by atoms with Crippen LogP contribution < -0.4 is 10.6 Å². The third-order valence-corrected chi connectivity index (χ3v) is 3.69. The highest BCUT2D eigenvalue weighted by Gasteiger charge is 2.28. The third-order valence-electron chi connectivity index (χ3n) is 3.37. The summed E-state index contributed by atoms with van der Waals surface area (Å²) in [5.41, 5.74) is -0.299. The Kier molecular flexibility index (Phi) is 6.86. The number of hydrogen-bond acceptors (Lipinski definition) is 5. The maximum Gasteiger partial charge on any atom is 0.325 e. The summed E-state index contributed by atoms with van der Waals surface area (Å²) in [5.74, 6) is -2.89. The molecule has 136 valence electrons. The van der Waals surface area contributed by atoms with Gasteiger partial charge in [0.1, 0.15) is 12.1 Å². The molecule has 0 heterocycles. The first kappa shape index (κ1) is 20.4. The smallest absolute Gasteiger partial charge is 0.325 e. The minimum atomic E-state index is -1.21. The van der Waals surface area contributed by atoms with Crippen molar-refractivity contribution in [1.29, 1.82) is 0 Å². The van der Waals surface area contributed by atoms with Gasteiger partial charge in [0, 0.05) is 12.1 Å². The number of benzene rings is 1. The van der Waals surface area contributed by atoms with Gasteiger partial charge in [0.05, 0.1) is 15.5 Å². The normalized spacial score (nSPS) is 13.0. The molecular formula is C15H18ClN3O6. The van der Waals surface area contributed by atoms with Gasteiger partial charge in [0.25, 0.3) is 11.6 Å². The topological polar surface area (TPSA) is 139 Å². The second kappa shape index (κ2) is 8.43. The van der Waals surface area contributed by atoms with Crippen LogP contribution in [-0.2, 0) is 9.59 Å². The van der Waals surface area contributed by atoms with Crippen molar-refractivity contribution in [3.63, 3.8) is 0 Å². The summed E-state index contributed by atoms with van der Waals surface area (Å²) >= 11 is 5.89. The Morgan fingerprint density at radius 2 is 1.80 bits per heavy atom. The summed E-state index contributed by atoms with van der Waals surface area (Å²) in [6.45, 7) is 4.65. The molecular weight excluding hydrogens is 354 g/mol. The molecule has 0 aromatic heterocycles. The van der Waals surface area contributed by atoms with Crippen molar-refractivity contribution in [2.75, 3.05) is 0 Å². The Bertz CT molecular complexity index is 707. The fourth-order valence-electron chi connectivity index (χ4n) is 1.92. The van der Waals surface area contributed by atoms with E-state index < -0.39 is 34.8 Å². The number of hydrogen-bond donors (Lipinski definition) is 3. The van der Waals surface area contributed by atoms with Crippen LogP contribution in [0.2, 0.25) is 5.02 Å². The lowest BCUT2D eigenvalue weighted by Gasteiger charge is -2.23. The molecule has 3 N–H and O–H groups in total. The Labute approximate surface area is 148 Å². The van der Waals surface area contributed by atoms with E-state index in [4.69, 9.17) is 16.7 Å². The molecule has 0 fully saturated rings. The van der Waals surface area contributed by atoms with Crippen LogP contribution >= 0.6 is 11.6 Å². The number of amides is 2. The summed E-state index contributed by atoms with van der Waals surface area (Å²) in [7, 11) is 0. The first-order chi connectivity index (χ1) is 11.5. The fraction of sp³-hybridized carbons (Fsp3) is 0.400. The average molecular weight is 372 g/mol. The molecule has 1 aromatic carbocycles. The maximum absolute atomic E-state index is 12.3. The summed E-state index contributed by atoms with van der Waals surface area (Å²) in [6.07, 6.45) is 0. The van der Waals surface area contributed by atoms with E-state index in [0.717, 1.165) is 12.1 Å². The van der Waals surface area contributed by atoms with Gasteiger partial charge in [-0.2, -0.15) is 0 Å². The lowest BCUT2D eigenvalue weighted by Crippen LogP contribution is -2.53. The number of carbonyl (C=O) groups is 3. The largest absolute Gasteiger partial charge is 0.480 e. The second-order valence-corrected chi connectivity index (χ2v) is 6.09. The van der Waals surface area contributed by atoms with Gasteiger partial charge in [-0.1, -0.05) is 25.4 Å². The molecule has 0 saturated carbocycles. The lowest BCUT2D eigenvalue weighted by molar-refractivity contribution is -0.384. The number of aliphatic carboxylic acids is 1. The van der Waals surface area contributed by atoms with Gasteiger partial charge in [0.15, 0.2) is 0 Å². The molecule has 0 spiro atoms. The van der Waals surface area contributed by atoms with E-state index in [-0.39, 0.29) is 22.2 Å². The summed E-state index contributed by atoms with van der Waals surface area (Å²) < 4.78 is 0. The van der Waals surface area contributed by atoms with Crippen molar-refractivity contribution < 1.29 is 24.4 Å². The third kappa shape index (κ3) is 5.42. The maximum atomic E-state index is 12.3. The zero-order valence-electron chi connectivity index (χ0n) is 13.8. The number of non-ortho nitro benzene ring substituents is 1. The van der Waals surface area contributed by atoms with Crippen LogP contribution in [0.5, 0.6) is 0 Å². The van der Waals surface area contributed by atoms with Crippen LogP contribution in [0.3, 0.4) is 0 Å². The number of rotatable bonds is 7. The Balaban J connectivity index is 2.95. The Morgan fingerprint density at radius 3 is 2.24 bits per heavy atom. The lowest BCUT2D eigenvalue weighted by atomic mass is 10.0. The number of nitro benzene ring substituents is 1. The number of nitro groups is 1. The molecule has 25 heavy (non-hydrogen) atoms. The zero-order valence-corrected chi connectivity index (χ0v) is 14.5. The molecule has 0 aliphatic heterocycles. The summed E-state index contributed by atoms with van der Waals surface area (Å²) in [4.78, 5) is 45.4. The van der Waals surface area contributed by atoms with Gasteiger partial charge in [-0.3, -0.25) is 24.5 Å². The van der Waals surface area contributed by atoms with E-state index in [2.05, 4.69) is 10.6 Å². The predicted octanol–water partition coefficient (Wildman–Crippen LogP) is 1.59. The molecule has 0 aliphatic rings. The van der Waals surface area contributed by atoms with E-state index in [1.165, 1.54) is 13.0 Å². The first-order valence-electron chi connectivity index (χ1n) is 7.32. The van der Waals surface area contributed by atoms with Crippen LogP contribution in [0, 0.1) is 16.0 Å². The highest BCUT2D eigenvalue weighted by atomic mass is 35.5. The molecule has 0 bridgehead atoms. The highest BCUT2D eigenvalue weighted by molar-refractivity contribution is 6.34. The molecule has 1 rings (SSSR count). The van der Waals surface area contributed by atoms with Gasteiger partial charge in [-0.05, 0) is 18.9 Å². The Hall–Kier alpha value is -2.68. The van der Waals surface area contributed by atoms with Gasteiger partial charge in [0.2, 0.25) is 5.91 Å². The first-order valence-corrected chi connectivity index (χ1v) is 7.70. The molecule has 1 unspecified atom stereocenters. The number of nitrogens with one attached hydrogen (secondary N) is 2. The minimum absolute atomic E-state index is 0.0306. The number of carboxylic acids is 1. The van der Waals surface area contributed by atoms with E-state index in [1.807, 2.05) is 0 Å². The molecule has 0 aliphatic carbocycles. The average Bonchev–Trinajstić information content (AvgIpc) is 2.51. The van der Waals surface area contributed by atoms with Crippen molar-refractivity contribution in [3.8, 4) is 0 Å². The van der Waals surface area contributed by atoms with Gasteiger partial charge >= 0.3 is 5.97 Å². The summed E-state index contributed by atoms with van der Waals surface area (Å²) in [6, 6.07) is 1.23. The van der Waals surface area contributed by atoms with E-state index >= 15 is 0 Å².